The lowest BCUT2D eigenvalue weighted by Gasteiger charge is -2.27. The Kier molecular flexibility index (Phi) is 23.8. The van der Waals surface area contributed by atoms with Crippen LogP contribution in [0.4, 0.5) is 0 Å². The molecule has 1 rings (SSSR count). The van der Waals surface area contributed by atoms with E-state index in [0.29, 0.717) is 12.0 Å². The summed E-state index contributed by atoms with van der Waals surface area (Å²) in [6.45, 7) is 0.823. The van der Waals surface area contributed by atoms with E-state index in [1.54, 1.807) is 44.2 Å². The van der Waals surface area contributed by atoms with Gasteiger partial charge in [0.2, 0.25) is 41.4 Å². The molecule has 0 unspecified atom stereocenters. The second-order valence-corrected chi connectivity index (χ2v) is 14.3. The Morgan fingerprint density at radius 2 is 1.07 bits per heavy atom. The van der Waals surface area contributed by atoms with Crippen molar-refractivity contribution in [3.63, 3.8) is 0 Å². The van der Waals surface area contributed by atoms with E-state index in [0.717, 1.165) is 0 Å². The number of carboxylic acids is 3. The van der Waals surface area contributed by atoms with Crippen molar-refractivity contribution in [1.82, 2.24) is 37.2 Å². The molecule has 0 radical (unpaired) electrons. The number of nitrogens with one attached hydrogen (secondary N) is 7. The molecular formula is C37H57N9O15. The van der Waals surface area contributed by atoms with Crippen LogP contribution >= 0.6 is 0 Å². The molecule has 0 spiro atoms. The van der Waals surface area contributed by atoms with Gasteiger partial charge in [-0.15, -0.1) is 0 Å². The first kappa shape index (κ1) is 52.8. The molecule has 24 nitrogen and oxygen atoms in total. The minimum atomic E-state index is -1.82. The van der Waals surface area contributed by atoms with Crippen molar-refractivity contribution < 1.29 is 73.5 Å². The molecule has 0 heterocycles. The Bertz CT molecular complexity index is 1680. The molecule has 7 atom stereocenters. The van der Waals surface area contributed by atoms with Crippen molar-refractivity contribution in [3.8, 4) is 0 Å². The van der Waals surface area contributed by atoms with Gasteiger partial charge in [-0.3, -0.25) is 43.2 Å². The maximum Gasteiger partial charge on any atom is 0.326 e. The van der Waals surface area contributed by atoms with E-state index < -0.39 is 134 Å². The van der Waals surface area contributed by atoms with Crippen LogP contribution in [0.1, 0.15) is 57.9 Å². The summed E-state index contributed by atoms with van der Waals surface area (Å²) in [5, 5.41) is 63.3. The second-order valence-electron chi connectivity index (χ2n) is 14.3. The quantitative estimate of drug-likeness (QED) is 0.0335. The number of nitrogens with two attached hydrogens (primary N) is 2. The van der Waals surface area contributed by atoms with Gasteiger partial charge in [0, 0.05) is 6.42 Å². The number of carbonyl (C=O) groups excluding carboxylic acids is 7. The lowest BCUT2D eigenvalue weighted by atomic mass is 10.0. The van der Waals surface area contributed by atoms with E-state index in [1.807, 2.05) is 0 Å². The fraction of sp³-hybridized carbons (Fsp3) is 0.568. The van der Waals surface area contributed by atoms with E-state index in [1.165, 1.54) is 0 Å². The predicted octanol–water partition coefficient (Wildman–Crippen LogP) is -5.22. The van der Waals surface area contributed by atoms with Gasteiger partial charge in [0.15, 0.2) is 0 Å². The van der Waals surface area contributed by atoms with E-state index >= 15 is 0 Å². The number of hydrogen-bond donors (Lipinski definition) is 14. The highest BCUT2D eigenvalue weighted by Crippen LogP contribution is 2.09. The lowest BCUT2D eigenvalue weighted by Crippen LogP contribution is -2.61. The highest BCUT2D eigenvalue weighted by atomic mass is 16.4. The van der Waals surface area contributed by atoms with E-state index in [4.69, 9.17) is 21.7 Å². The molecule has 0 aliphatic rings. The van der Waals surface area contributed by atoms with Gasteiger partial charge in [-0.1, -0.05) is 44.2 Å². The molecule has 61 heavy (non-hydrogen) atoms. The lowest BCUT2D eigenvalue weighted by molar-refractivity contribution is -0.147. The Morgan fingerprint density at radius 3 is 1.56 bits per heavy atom. The number of rotatable bonds is 29. The number of aliphatic hydroxyl groups is 2. The van der Waals surface area contributed by atoms with Gasteiger partial charge < -0.3 is 74.2 Å². The van der Waals surface area contributed by atoms with Gasteiger partial charge in [-0.2, -0.15) is 0 Å². The maximum absolute atomic E-state index is 13.5. The third-order valence-electron chi connectivity index (χ3n) is 8.63. The van der Waals surface area contributed by atoms with Gasteiger partial charge in [0.1, 0.15) is 36.3 Å². The molecule has 0 saturated carbocycles. The van der Waals surface area contributed by atoms with Crippen molar-refractivity contribution in [2.24, 2.45) is 17.4 Å². The molecule has 0 fully saturated rings. The van der Waals surface area contributed by atoms with Crippen molar-refractivity contribution >= 4 is 59.3 Å². The first-order chi connectivity index (χ1) is 28.7. The summed E-state index contributed by atoms with van der Waals surface area (Å²) in [6, 6.07) is -2.78. The van der Waals surface area contributed by atoms with Gasteiger partial charge >= 0.3 is 17.9 Å². The summed E-state index contributed by atoms with van der Waals surface area (Å²) in [5.74, 6) is -11.8. The molecule has 0 saturated heterocycles. The zero-order valence-corrected chi connectivity index (χ0v) is 33.8. The smallest absolute Gasteiger partial charge is 0.326 e. The van der Waals surface area contributed by atoms with Gasteiger partial charge in [0.25, 0.3) is 0 Å². The molecule has 16 N–H and O–H groups in total. The van der Waals surface area contributed by atoms with Crippen LogP contribution < -0.4 is 48.7 Å². The van der Waals surface area contributed by atoms with E-state index in [-0.39, 0.29) is 38.1 Å². The van der Waals surface area contributed by atoms with Crippen molar-refractivity contribution in [1.29, 1.82) is 0 Å². The number of unbranched alkanes of at least 4 members (excludes halogenated alkanes) is 1. The van der Waals surface area contributed by atoms with Crippen molar-refractivity contribution in [2.45, 2.75) is 101 Å². The van der Waals surface area contributed by atoms with Gasteiger partial charge in [-0.25, -0.2) is 4.79 Å². The third kappa shape index (κ3) is 20.5. The highest BCUT2D eigenvalue weighted by molar-refractivity contribution is 5.97. The highest BCUT2D eigenvalue weighted by Gasteiger charge is 2.34. The first-order valence-corrected chi connectivity index (χ1v) is 19.2. The van der Waals surface area contributed by atoms with Crippen LogP contribution in [0.2, 0.25) is 0 Å². The van der Waals surface area contributed by atoms with Crippen LogP contribution in [0.3, 0.4) is 0 Å². The van der Waals surface area contributed by atoms with E-state index in [2.05, 4.69) is 37.2 Å². The molecule has 0 aliphatic heterocycles. The largest absolute Gasteiger partial charge is 0.481 e. The average molecular weight is 868 g/mol. The molecule has 340 valence electrons. The number of aliphatic hydroxyl groups excluding tert-OH is 2. The Morgan fingerprint density at radius 1 is 0.590 bits per heavy atom. The number of amides is 7. The fourth-order valence-corrected chi connectivity index (χ4v) is 5.47. The Labute approximate surface area is 350 Å². The molecule has 1 aromatic rings. The van der Waals surface area contributed by atoms with Gasteiger partial charge in [-0.05, 0) is 43.7 Å². The standard InChI is InChI=1S/C37H57N9O15/c1-19(2)12-23(33(56)42-22(10-6-7-11-38)32(55)44-25(37(60)61)15-30(52)53)43-35(58)26(17-47)46-36(59)27(18-48)45-34(57)24(13-20-8-4-3-5-9-20)41-28(49)16-40-31(54)21(39)14-29(50)51/h3-5,8-9,19,21-27,47-48H,6-7,10-18,38-39H2,1-2H3,(H,40,54)(H,41,49)(H,42,56)(H,43,58)(H,44,55)(H,45,57)(H,46,59)(H,50,51)(H,52,53)(H,60,61)/t21-,22-,23-,24-,25-,26-,27-/m0/s1. The van der Waals surface area contributed by atoms with Gasteiger partial charge in [0.05, 0.1) is 38.6 Å². The molecule has 7 amide bonds. The van der Waals surface area contributed by atoms with Crippen LogP contribution in [0.15, 0.2) is 30.3 Å². The number of carbonyl (C=O) groups is 10. The molecule has 0 aromatic heterocycles. The van der Waals surface area contributed by atoms with Crippen LogP contribution in [0.5, 0.6) is 0 Å². The Hall–Kier alpha value is -6.24. The number of aliphatic carboxylic acids is 3. The fourth-order valence-electron chi connectivity index (χ4n) is 5.47. The zero-order chi connectivity index (χ0) is 46.2. The predicted molar refractivity (Wildman–Crippen MR) is 211 cm³/mol. The summed E-state index contributed by atoms with van der Waals surface area (Å²) in [6.07, 6.45) is -1.20. The monoisotopic (exact) mass is 867 g/mol. The zero-order valence-electron chi connectivity index (χ0n) is 33.8. The second kappa shape index (κ2) is 27.5. The summed E-state index contributed by atoms with van der Waals surface area (Å²) in [7, 11) is 0. The summed E-state index contributed by atoms with van der Waals surface area (Å²) in [5.41, 5.74) is 11.6. The molecule has 24 heteroatoms. The molecule has 0 bridgehead atoms. The van der Waals surface area contributed by atoms with E-state index in [9.17, 15) is 63.3 Å². The average Bonchev–Trinajstić information content (AvgIpc) is 3.19. The Balaban J connectivity index is 3.15. The number of hydrogen-bond acceptors (Lipinski definition) is 14. The SMILES string of the molecule is CC(C)C[C@H](NC(=O)[C@H](CO)NC(=O)[C@H](CO)NC(=O)[C@H](Cc1ccccc1)NC(=O)CNC(=O)[C@@H](N)CC(=O)O)C(=O)N[C@@H](CCCCN)C(=O)N[C@@H](CC(=O)O)C(=O)O. The molecular weight excluding hydrogens is 810 g/mol. The summed E-state index contributed by atoms with van der Waals surface area (Å²) in [4.78, 5) is 125. The van der Waals surface area contributed by atoms with Crippen LogP contribution in [0.25, 0.3) is 0 Å². The molecule has 0 aliphatic carbocycles. The number of benzene rings is 1. The summed E-state index contributed by atoms with van der Waals surface area (Å²) < 4.78 is 0. The van der Waals surface area contributed by atoms with Crippen LogP contribution in [-0.2, 0) is 54.4 Å². The topological polar surface area (TPSA) is 408 Å². The minimum Gasteiger partial charge on any atom is -0.481 e. The third-order valence-corrected chi connectivity index (χ3v) is 8.63. The van der Waals surface area contributed by atoms with Crippen molar-refractivity contribution in [2.75, 3.05) is 26.3 Å². The first-order valence-electron chi connectivity index (χ1n) is 19.2. The van der Waals surface area contributed by atoms with Crippen molar-refractivity contribution in [3.05, 3.63) is 35.9 Å². The normalized spacial score (nSPS) is 14.3. The molecule has 1 aromatic carbocycles. The summed E-state index contributed by atoms with van der Waals surface area (Å²) >= 11 is 0. The van der Waals surface area contributed by atoms with Crippen LogP contribution in [0, 0.1) is 5.92 Å². The van der Waals surface area contributed by atoms with Crippen LogP contribution in [-0.4, -0.2) is 153 Å². The number of carboxylic acid groups (broad SMARTS) is 3. The maximum atomic E-state index is 13.5. The minimum absolute atomic E-state index is 0.0414.